The first kappa shape index (κ1) is 14.4. The van der Waals surface area contributed by atoms with Crippen LogP contribution in [-0.2, 0) is 16.1 Å². The van der Waals surface area contributed by atoms with Crippen LogP contribution in [0.25, 0.3) is 10.9 Å². The third kappa shape index (κ3) is 2.63. The van der Waals surface area contributed by atoms with E-state index in [1.807, 2.05) is 6.07 Å². The van der Waals surface area contributed by atoms with Gasteiger partial charge >= 0.3 is 0 Å². The molecule has 5 heteroatoms. The Hall–Kier alpha value is -1.59. The standard InChI is InChI=1S/C16H20FNO3/c1-10-14(17)16(19-2)12(11-6-7-18-15(10)11)9-21-13-5-3-4-8-20-13/h6-7,13,18H,3-5,8-9H2,1-2H3. The lowest BCUT2D eigenvalue weighted by atomic mass is 10.0. The summed E-state index contributed by atoms with van der Waals surface area (Å²) >= 11 is 0. The van der Waals surface area contributed by atoms with Crippen LogP contribution in [0.2, 0.25) is 0 Å². The predicted octanol–water partition coefficient (Wildman–Crippen LogP) is 3.67. The number of methoxy groups -OCH3 is 1. The van der Waals surface area contributed by atoms with Gasteiger partial charge in [-0.3, -0.25) is 0 Å². The molecule has 1 aromatic heterocycles. The van der Waals surface area contributed by atoms with Gasteiger partial charge in [0.1, 0.15) is 0 Å². The molecule has 0 amide bonds. The van der Waals surface area contributed by atoms with Crippen LogP contribution in [0.1, 0.15) is 30.4 Å². The van der Waals surface area contributed by atoms with Crippen LogP contribution < -0.4 is 4.74 Å². The number of aromatic nitrogens is 1. The van der Waals surface area contributed by atoms with Crippen LogP contribution in [0.15, 0.2) is 12.3 Å². The number of fused-ring (bicyclic) bond motifs is 1. The van der Waals surface area contributed by atoms with Crippen LogP contribution in [0.5, 0.6) is 5.75 Å². The van der Waals surface area contributed by atoms with Crippen LogP contribution in [-0.4, -0.2) is 25.0 Å². The second-order valence-electron chi connectivity index (χ2n) is 5.32. The molecule has 1 unspecified atom stereocenters. The quantitative estimate of drug-likeness (QED) is 0.935. The molecule has 1 atom stereocenters. The molecule has 1 N–H and O–H groups in total. The number of aryl methyl sites for hydroxylation is 1. The second kappa shape index (κ2) is 6.03. The van der Waals surface area contributed by atoms with Crippen molar-refractivity contribution in [2.75, 3.05) is 13.7 Å². The van der Waals surface area contributed by atoms with Crippen LogP contribution in [0.4, 0.5) is 4.39 Å². The third-order valence-electron chi connectivity index (χ3n) is 4.01. The molecule has 0 saturated carbocycles. The normalized spacial score (nSPS) is 19.1. The van der Waals surface area contributed by atoms with E-state index in [9.17, 15) is 4.39 Å². The lowest BCUT2D eigenvalue weighted by Gasteiger charge is -2.23. The molecule has 0 spiro atoms. The van der Waals surface area contributed by atoms with E-state index in [1.54, 1.807) is 13.1 Å². The van der Waals surface area contributed by atoms with Crippen molar-refractivity contribution in [2.24, 2.45) is 0 Å². The number of ether oxygens (including phenoxy) is 3. The van der Waals surface area contributed by atoms with Crippen molar-refractivity contribution in [1.29, 1.82) is 0 Å². The van der Waals surface area contributed by atoms with Crippen molar-refractivity contribution in [1.82, 2.24) is 4.98 Å². The fourth-order valence-electron chi connectivity index (χ4n) is 2.84. The van der Waals surface area contributed by atoms with Gasteiger partial charge in [0.25, 0.3) is 0 Å². The number of hydrogen-bond acceptors (Lipinski definition) is 3. The zero-order valence-electron chi connectivity index (χ0n) is 12.4. The Morgan fingerprint density at radius 1 is 1.43 bits per heavy atom. The van der Waals surface area contributed by atoms with Gasteiger partial charge in [-0.05, 0) is 32.3 Å². The Kier molecular flexibility index (Phi) is 4.12. The molecule has 1 aliphatic rings. The molecule has 1 saturated heterocycles. The van der Waals surface area contributed by atoms with Crippen LogP contribution >= 0.6 is 0 Å². The molecule has 2 heterocycles. The Balaban J connectivity index is 1.92. The van der Waals surface area contributed by atoms with Gasteiger partial charge in [-0.1, -0.05) is 0 Å². The minimum Gasteiger partial charge on any atom is -0.493 e. The summed E-state index contributed by atoms with van der Waals surface area (Å²) in [5.74, 6) is -0.0778. The van der Waals surface area contributed by atoms with E-state index in [4.69, 9.17) is 14.2 Å². The first-order chi connectivity index (χ1) is 10.2. The number of halogens is 1. The van der Waals surface area contributed by atoms with E-state index in [0.717, 1.165) is 42.3 Å². The monoisotopic (exact) mass is 293 g/mol. The smallest absolute Gasteiger partial charge is 0.170 e. The fraction of sp³-hybridized carbons (Fsp3) is 0.500. The van der Waals surface area contributed by atoms with Crippen molar-refractivity contribution in [2.45, 2.75) is 39.1 Å². The first-order valence-electron chi connectivity index (χ1n) is 7.27. The number of benzene rings is 1. The number of nitrogens with one attached hydrogen (secondary N) is 1. The van der Waals surface area contributed by atoms with Crippen molar-refractivity contribution in [3.8, 4) is 5.75 Å². The number of aromatic amines is 1. The van der Waals surface area contributed by atoms with Crippen molar-refractivity contribution < 1.29 is 18.6 Å². The van der Waals surface area contributed by atoms with Gasteiger partial charge in [-0.2, -0.15) is 0 Å². The van der Waals surface area contributed by atoms with E-state index in [-0.39, 0.29) is 24.5 Å². The summed E-state index contributed by atoms with van der Waals surface area (Å²) in [4.78, 5) is 3.08. The highest BCUT2D eigenvalue weighted by molar-refractivity contribution is 5.88. The third-order valence-corrected chi connectivity index (χ3v) is 4.01. The summed E-state index contributed by atoms with van der Waals surface area (Å²) in [5, 5.41) is 0.932. The molecular weight excluding hydrogens is 273 g/mol. The van der Waals surface area contributed by atoms with E-state index < -0.39 is 0 Å². The lowest BCUT2D eigenvalue weighted by Crippen LogP contribution is -2.22. The highest BCUT2D eigenvalue weighted by Gasteiger charge is 2.21. The summed E-state index contributed by atoms with van der Waals surface area (Å²) in [6.07, 6.45) is 4.65. The van der Waals surface area contributed by atoms with Crippen molar-refractivity contribution >= 4 is 10.9 Å². The minimum absolute atomic E-state index is 0.207. The van der Waals surface area contributed by atoms with Crippen molar-refractivity contribution in [3.63, 3.8) is 0 Å². The SMILES string of the molecule is COc1c(F)c(C)c2[nH]ccc2c1COC1CCCCO1. The molecule has 0 aliphatic carbocycles. The highest BCUT2D eigenvalue weighted by Crippen LogP contribution is 2.35. The zero-order valence-corrected chi connectivity index (χ0v) is 12.4. The van der Waals surface area contributed by atoms with E-state index in [1.165, 1.54) is 7.11 Å². The molecule has 1 aliphatic heterocycles. The Morgan fingerprint density at radius 2 is 2.29 bits per heavy atom. The lowest BCUT2D eigenvalue weighted by molar-refractivity contribution is -0.168. The van der Waals surface area contributed by atoms with Gasteiger partial charge in [0.15, 0.2) is 17.9 Å². The topological polar surface area (TPSA) is 43.5 Å². The first-order valence-corrected chi connectivity index (χ1v) is 7.27. The van der Waals surface area contributed by atoms with E-state index in [2.05, 4.69) is 4.98 Å². The molecule has 114 valence electrons. The molecule has 3 rings (SSSR count). The molecular formula is C16H20FNO3. The Labute approximate surface area is 123 Å². The number of rotatable bonds is 4. The van der Waals surface area contributed by atoms with Crippen LogP contribution in [0, 0.1) is 12.7 Å². The molecule has 0 radical (unpaired) electrons. The highest BCUT2D eigenvalue weighted by atomic mass is 19.1. The van der Waals surface area contributed by atoms with Gasteiger partial charge in [-0.15, -0.1) is 0 Å². The molecule has 1 aromatic carbocycles. The van der Waals surface area contributed by atoms with Crippen LogP contribution in [0.3, 0.4) is 0 Å². The fourth-order valence-corrected chi connectivity index (χ4v) is 2.84. The maximum Gasteiger partial charge on any atom is 0.170 e. The Morgan fingerprint density at radius 3 is 3.00 bits per heavy atom. The van der Waals surface area contributed by atoms with Gasteiger partial charge in [0.2, 0.25) is 0 Å². The summed E-state index contributed by atoms with van der Waals surface area (Å²) in [7, 11) is 1.48. The molecule has 2 aromatic rings. The van der Waals surface area contributed by atoms with Gasteiger partial charge < -0.3 is 19.2 Å². The average molecular weight is 293 g/mol. The molecule has 4 nitrogen and oxygen atoms in total. The van der Waals surface area contributed by atoms with Crippen molar-refractivity contribution in [3.05, 3.63) is 29.2 Å². The minimum atomic E-state index is -0.337. The van der Waals surface area contributed by atoms with E-state index in [0.29, 0.717) is 5.56 Å². The average Bonchev–Trinajstić information content (AvgIpc) is 3.00. The molecule has 0 bridgehead atoms. The van der Waals surface area contributed by atoms with E-state index >= 15 is 0 Å². The zero-order chi connectivity index (χ0) is 14.8. The maximum atomic E-state index is 14.4. The number of hydrogen-bond donors (Lipinski definition) is 1. The Bertz CT molecular complexity index is 632. The summed E-state index contributed by atoms with van der Waals surface area (Å²) in [5.41, 5.74) is 2.08. The summed E-state index contributed by atoms with van der Waals surface area (Å²) in [6, 6.07) is 1.92. The maximum absolute atomic E-state index is 14.4. The number of H-pyrrole nitrogens is 1. The largest absolute Gasteiger partial charge is 0.493 e. The molecule has 1 fully saturated rings. The van der Waals surface area contributed by atoms with Gasteiger partial charge in [-0.25, -0.2) is 4.39 Å². The molecule has 21 heavy (non-hydrogen) atoms. The predicted molar refractivity (Wildman–Crippen MR) is 77.9 cm³/mol. The summed E-state index contributed by atoms with van der Waals surface area (Å²) < 4.78 is 31.0. The van der Waals surface area contributed by atoms with Gasteiger partial charge in [0.05, 0.1) is 19.2 Å². The second-order valence-corrected chi connectivity index (χ2v) is 5.32. The summed E-state index contributed by atoms with van der Waals surface area (Å²) in [6.45, 7) is 2.74. The van der Waals surface area contributed by atoms with Gasteiger partial charge in [0, 0.05) is 29.3 Å².